The van der Waals surface area contributed by atoms with Crippen LogP contribution in [0.25, 0.3) is 0 Å². The number of aliphatic carboxylic acids is 1. The highest BCUT2D eigenvalue weighted by molar-refractivity contribution is 5.71. The van der Waals surface area contributed by atoms with Crippen LogP contribution in [0, 0.1) is 17.8 Å². The molecule has 80 valence electrons. The molecule has 0 amide bonds. The smallest absolute Gasteiger partial charge is 0.309 e. The number of rotatable bonds is 3. The molecule has 2 fully saturated rings. The maximum atomic E-state index is 11.0. The lowest BCUT2D eigenvalue weighted by molar-refractivity contribution is -0.144. The van der Waals surface area contributed by atoms with Crippen LogP contribution in [0.3, 0.4) is 0 Å². The minimum Gasteiger partial charge on any atom is -0.481 e. The van der Waals surface area contributed by atoms with Crippen LogP contribution in [0.4, 0.5) is 0 Å². The first kappa shape index (κ1) is 9.97. The van der Waals surface area contributed by atoms with Crippen molar-refractivity contribution in [1.29, 1.82) is 0 Å². The fraction of sp³-hybridized carbons (Fsp3) is 0.909. The van der Waals surface area contributed by atoms with Crippen LogP contribution in [0.2, 0.25) is 0 Å². The molecule has 0 aromatic heterocycles. The zero-order chi connectivity index (χ0) is 10.3. The molecule has 1 aliphatic carbocycles. The van der Waals surface area contributed by atoms with E-state index < -0.39 is 5.97 Å². The van der Waals surface area contributed by atoms with E-state index in [1.165, 1.54) is 12.8 Å². The van der Waals surface area contributed by atoms with Gasteiger partial charge < -0.3 is 9.84 Å². The lowest BCUT2D eigenvalue weighted by atomic mass is 9.91. The maximum absolute atomic E-state index is 11.0. The minimum absolute atomic E-state index is 0.0712. The summed E-state index contributed by atoms with van der Waals surface area (Å²) in [6.45, 7) is 4.08. The van der Waals surface area contributed by atoms with Gasteiger partial charge in [0, 0.05) is 0 Å². The second-order valence-electron chi connectivity index (χ2n) is 4.90. The second-order valence-corrected chi connectivity index (χ2v) is 4.90. The van der Waals surface area contributed by atoms with E-state index in [9.17, 15) is 4.79 Å². The summed E-state index contributed by atoms with van der Waals surface area (Å²) in [5.41, 5.74) is 0. The molecule has 1 heterocycles. The highest BCUT2D eigenvalue weighted by Gasteiger charge is 2.46. The van der Waals surface area contributed by atoms with Crippen LogP contribution in [-0.4, -0.2) is 23.3 Å². The summed E-state index contributed by atoms with van der Waals surface area (Å²) < 4.78 is 5.84. The van der Waals surface area contributed by atoms with Crippen LogP contribution >= 0.6 is 0 Å². The van der Waals surface area contributed by atoms with Crippen molar-refractivity contribution in [1.82, 2.24) is 0 Å². The van der Waals surface area contributed by atoms with Crippen molar-refractivity contribution in [3.05, 3.63) is 0 Å². The van der Waals surface area contributed by atoms with Gasteiger partial charge in [-0.2, -0.15) is 0 Å². The molecule has 1 aliphatic heterocycles. The Hall–Kier alpha value is -0.570. The molecule has 0 bridgehead atoms. The van der Waals surface area contributed by atoms with Gasteiger partial charge in [-0.05, 0) is 31.1 Å². The average Bonchev–Trinajstić information content (AvgIpc) is 2.83. The molecule has 3 heteroatoms. The Morgan fingerprint density at radius 3 is 2.43 bits per heavy atom. The number of ether oxygens (including phenoxy) is 1. The molecule has 2 aliphatic rings. The first-order valence-electron chi connectivity index (χ1n) is 5.48. The summed E-state index contributed by atoms with van der Waals surface area (Å²) in [6.07, 6.45) is 3.33. The summed E-state index contributed by atoms with van der Waals surface area (Å²) in [6, 6.07) is 0. The van der Waals surface area contributed by atoms with Gasteiger partial charge in [-0.3, -0.25) is 4.79 Å². The van der Waals surface area contributed by atoms with Crippen molar-refractivity contribution in [2.75, 3.05) is 0 Å². The van der Waals surface area contributed by atoms with Crippen LogP contribution in [0.5, 0.6) is 0 Å². The molecule has 0 aromatic carbocycles. The van der Waals surface area contributed by atoms with E-state index in [1.807, 2.05) is 13.8 Å². The van der Waals surface area contributed by atoms with Gasteiger partial charge in [0.15, 0.2) is 0 Å². The number of hydrogen-bond donors (Lipinski definition) is 1. The quantitative estimate of drug-likeness (QED) is 0.753. The largest absolute Gasteiger partial charge is 0.481 e. The fourth-order valence-electron chi connectivity index (χ4n) is 2.37. The molecule has 0 aromatic rings. The van der Waals surface area contributed by atoms with Gasteiger partial charge in [0.1, 0.15) is 0 Å². The minimum atomic E-state index is -0.688. The van der Waals surface area contributed by atoms with Crippen LogP contribution in [0.15, 0.2) is 0 Å². The summed E-state index contributed by atoms with van der Waals surface area (Å²) >= 11 is 0. The molecule has 1 saturated carbocycles. The summed E-state index contributed by atoms with van der Waals surface area (Å²) in [5.74, 6) is -0.00657. The van der Waals surface area contributed by atoms with E-state index in [0.717, 1.165) is 6.42 Å². The van der Waals surface area contributed by atoms with Crippen molar-refractivity contribution in [2.24, 2.45) is 17.8 Å². The predicted molar refractivity (Wildman–Crippen MR) is 52.0 cm³/mol. The number of carbonyl (C=O) groups is 1. The first-order chi connectivity index (χ1) is 6.59. The summed E-state index contributed by atoms with van der Waals surface area (Å²) in [4.78, 5) is 11.0. The normalized spacial score (nSPS) is 37.8. The Bertz CT molecular complexity index is 233. The van der Waals surface area contributed by atoms with Gasteiger partial charge in [0.05, 0.1) is 18.1 Å². The van der Waals surface area contributed by atoms with Crippen LogP contribution in [0.1, 0.15) is 33.1 Å². The summed E-state index contributed by atoms with van der Waals surface area (Å²) in [7, 11) is 0. The number of hydrogen-bond acceptors (Lipinski definition) is 2. The maximum Gasteiger partial charge on any atom is 0.309 e. The molecule has 1 N–H and O–H groups in total. The third kappa shape index (κ3) is 1.78. The van der Waals surface area contributed by atoms with E-state index in [4.69, 9.17) is 9.84 Å². The first-order valence-corrected chi connectivity index (χ1v) is 5.48. The Morgan fingerprint density at radius 1 is 1.43 bits per heavy atom. The van der Waals surface area contributed by atoms with Gasteiger partial charge >= 0.3 is 5.97 Å². The fourth-order valence-corrected chi connectivity index (χ4v) is 2.37. The van der Waals surface area contributed by atoms with Crippen LogP contribution in [-0.2, 0) is 9.53 Å². The molecule has 3 nitrogen and oxygen atoms in total. The monoisotopic (exact) mass is 198 g/mol. The molecular weight excluding hydrogens is 180 g/mol. The number of carboxylic acid groups (broad SMARTS) is 1. The zero-order valence-electron chi connectivity index (χ0n) is 8.77. The molecule has 2 rings (SSSR count). The molecule has 3 unspecified atom stereocenters. The van der Waals surface area contributed by atoms with E-state index in [1.54, 1.807) is 0 Å². The topological polar surface area (TPSA) is 46.5 Å². The third-order valence-corrected chi connectivity index (χ3v) is 3.34. The SMILES string of the molecule is CC(C)C1OC(C2CC2)CC1C(=O)O. The third-order valence-electron chi connectivity index (χ3n) is 3.34. The van der Waals surface area contributed by atoms with E-state index in [2.05, 4.69) is 0 Å². The van der Waals surface area contributed by atoms with E-state index in [-0.39, 0.29) is 18.1 Å². The zero-order valence-corrected chi connectivity index (χ0v) is 8.77. The highest BCUT2D eigenvalue weighted by Crippen LogP contribution is 2.43. The molecule has 1 saturated heterocycles. The van der Waals surface area contributed by atoms with Gasteiger partial charge in [-0.1, -0.05) is 13.8 Å². The molecule has 0 spiro atoms. The highest BCUT2D eigenvalue weighted by atomic mass is 16.5. The van der Waals surface area contributed by atoms with E-state index >= 15 is 0 Å². The lowest BCUT2D eigenvalue weighted by Gasteiger charge is -2.19. The summed E-state index contributed by atoms with van der Waals surface area (Å²) in [5, 5.41) is 9.07. The Labute approximate surface area is 84.4 Å². The van der Waals surface area contributed by atoms with Crippen molar-refractivity contribution in [3.63, 3.8) is 0 Å². The van der Waals surface area contributed by atoms with Crippen molar-refractivity contribution in [3.8, 4) is 0 Å². The van der Waals surface area contributed by atoms with Crippen LogP contribution < -0.4 is 0 Å². The Morgan fingerprint density at radius 2 is 2.07 bits per heavy atom. The predicted octanol–water partition coefficient (Wildman–Crippen LogP) is 1.91. The second kappa shape index (κ2) is 3.54. The Balaban J connectivity index is 2.03. The molecule has 0 radical (unpaired) electrons. The molecular formula is C11H18O3. The van der Waals surface area contributed by atoms with Gasteiger partial charge in [-0.15, -0.1) is 0 Å². The molecule has 14 heavy (non-hydrogen) atoms. The van der Waals surface area contributed by atoms with Gasteiger partial charge in [-0.25, -0.2) is 0 Å². The Kier molecular flexibility index (Phi) is 2.52. The van der Waals surface area contributed by atoms with Crippen molar-refractivity contribution >= 4 is 5.97 Å². The standard InChI is InChI=1S/C11H18O3/c1-6(2)10-8(11(12)13)5-9(14-10)7-3-4-7/h6-10H,3-5H2,1-2H3,(H,12,13). The number of carboxylic acids is 1. The van der Waals surface area contributed by atoms with Gasteiger partial charge in [0.2, 0.25) is 0 Å². The van der Waals surface area contributed by atoms with Crippen molar-refractivity contribution < 1.29 is 14.6 Å². The van der Waals surface area contributed by atoms with E-state index in [0.29, 0.717) is 11.8 Å². The lowest BCUT2D eigenvalue weighted by Crippen LogP contribution is -2.28. The van der Waals surface area contributed by atoms with Crippen molar-refractivity contribution in [2.45, 2.75) is 45.3 Å². The van der Waals surface area contributed by atoms with Gasteiger partial charge in [0.25, 0.3) is 0 Å². The average molecular weight is 198 g/mol. The molecule has 3 atom stereocenters.